The fraction of sp³-hybridized carbons (Fsp3) is 0.250. The van der Waals surface area contributed by atoms with E-state index < -0.39 is 18.3 Å². The van der Waals surface area contributed by atoms with Crippen LogP contribution >= 0.6 is 0 Å². The Morgan fingerprint density at radius 1 is 1.53 bits per heavy atom. The van der Waals surface area contributed by atoms with Crippen LogP contribution in [0.15, 0.2) is 12.1 Å². The summed E-state index contributed by atoms with van der Waals surface area (Å²) in [5.74, 6) is -1.33. The average molecular weight is 269 g/mol. The summed E-state index contributed by atoms with van der Waals surface area (Å²) < 4.78 is 33.2. The summed E-state index contributed by atoms with van der Waals surface area (Å²) in [7, 11) is 0. The van der Waals surface area contributed by atoms with Gasteiger partial charge in [-0.05, 0) is 19.1 Å². The number of carbonyl (C=O) groups excluding carboxylic acids is 2. The summed E-state index contributed by atoms with van der Waals surface area (Å²) in [6.07, 6.45) is 0.277. The third kappa shape index (κ3) is 3.48. The van der Waals surface area contributed by atoms with E-state index in [1.54, 1.807) is 13.0 Å². The van der Waals surface area contributed by atoms with Gasteiger partial charge in [-0.2, -0.15) is 14.0 Å². The molecule has 0 aliphatic carbocycles. The molecule has 7 heteroatoms. The molecule has 0 aliphatic rings. The highest BCUT2D eigenvalue weighted by Crippen LogP contribution is 2.25. The van der Waals surface area contributed by atoms with Crippen LogP contribution in [0.2, 0.25) is 0 Å². The first-order chi connectivity index (χ1) is 9.03. The van der Waals surface area contributed by atoms with Gasteiger partial charge in [0.25, 0.3) is 0 Å². The lowest BCUT2D eigenvalue weighted by Gasteiger charge is -2.10. The van der Waals surface area contributed by atoms with Crippen LogP contribution < -0.4 is 4.74 Å². The summed E-state index contributed by atoms with van der Waals surface area (Å²) in [5.41, 5.74) is -0.717. The summed E-state index contributed by atoms with van der Waals surface area (Å²) in [5, 5.41) is 8.83. The molecule has 5 nitrogen and oxygen atoms in total. The van der Waals surface area contributed by atoms with E-state index in [-0.39, 0.29) is 29.6 Å². The molecule has 0 unspecified atom stereocenters. The fourth-order valence-electron chi connectivity index (χ4n) is 1.37. The lowest BCUT2D eigenvalue weighted by molar-refractivity contribution is -0.0501. The van der Waals surface area contributed by atoms with Crippen molar-refractivity contribution in [2.45, 2.75) is 13.5 Å². The lowest BCUT2D eigenvalue weighted by atomic mass is 10.0. The zero-order chi connectivity index (χ0) is 14.4. The minimum atomic E-state index is -3.18. The van der Waals surface area contributed by atoms with Crippen LogP contribution in [0.25, 0.3) is 0 Å². The Labute approximate surface area is 107 Å². The molecule has 0 aliphatic heterocycles. The molecule has 100 valence electrons. The predicted molar refractivity (Wildman–Crippen MR) is 59.1 cm³/mol. The third-order valence-corrected chi connectivity index (χ3v) is 2.10. The van der Waals surface area contributed by atoms with Crippen molar-refractivity contribution >= 4 is 12.3 Å². The molecule has 0 spiro atoms. The van der Waals surface area contributed by atoms with Gasteiger partial charge in [-0.1, -0.05) is 0 Å². The third-order valence-electron chi connectivity index (χ3n) is 2.10. The number of aldehydes is 1. The Morgan fingerprint density at radius 3 is 2.68 bits per heavy atom. The molecule has 0 amide bonds. The number of benzene rings is 1. The first-order valence-electron chi connectivity index (χ1n) is 5.18. The van der Waals surface area contributed by atoms with E-state index in [0.29, 0.717) is 0 Å². The SMILES string of the molecule is CCOC(=O)c1cc(C=O)c(C#N)c(OC(F)F)c1. The minimum absolute atomic E-state index is 0.0836. The molecule has 1 rings (SSSR count). The van der Waals surface area contributed by atoms with Crippen molar-refractivity contribution < 1.29 is 27.8 Å². The van der Waals surface area contributed by atoms with Crippen LogP contribution in [0, 0.1) is 11.3 Å². The maximum atomic E-state index is 12.2. The zero-order valence-corrected chi connectivity index (χ0v) is 9.85. The van der Waals surface area contributed by atoms with Crippen LogP contribution in [-0.2, 0) is 4.74 Å². The maximum Gasteiger partial charge on any atom is 0.387 e. The van der Waals surface area contributed by atoms with Gasteiger partial charge < -0.3 is 9.47 Å². The number of esters is 1. The van der Waals surface area contributed by atoms with Gasteiger partial charge in [0, 0.05) is 5.56 Å². The molecule has 1 aromatic rings. The summed E-state index contributed by atoms with van der Waals surface area (Å²) in [6, 6.07) is 3.60. The van der Waals surface area contributed by atoms with Gasteiger partial charge in [0.2, 0.25) is 0 Å². The highest BCUT2D eigenvalue weighted by atomic mass is 19.3. The number of nitriles is 1. The van der Waals surface area contributed by atoms with Crippen LogP contribution in [0.5, 0.6) is 5.75 Å². The van der Waals surface area contributed by atoms with E-state index >= 15 is 0 Å². The van der Waals surface area contributed by atoms with Crippen LogP contribution in [0.4, 0.5) is 8.78 Å². The summed E-state index contributed by atoms with van der Waals surface area (Å²) in [6.45, 7) is -1.52. The second-order valence-electron chi connectivity index (χ2n) is 3.27. The fourth-order valence-corrected chi connectivity index (χ4v) is 1.37. The number of hydrogen-bond acceptors (Lipinski definition) is 5. The Kier molecular flexibility index (Phi) is 4.94. The van der Waals surface area contributed by atoms with E-state index in [0.717, 1.165) is 12.1 Å². The largest absolute Gasteiger partial charge is 0.462 e. The Balaban J connectivity index is 3.34. The molecule has 19 heavy (non-hydrogen) atoms. The van der Waals surface area contributed by atoms with E-state index in [4.69, 9.17) is 5.26 Å². The van der Waals surface area contributed by atoms with E-state index in [9.17, 15) is 18.4 Å². The van der Waals surface area contributed by atoms with Crippen molar-refractivity contribution in [2.24, 2.45) is 0 Å². The Bertz CT molecular complexity index is 537. The summed E-state index contributed by atoms with van der Waals surface area (Å²) in [4.78, 5) is 22.3. The molecule has 1 aromatic carbocycles. The topological polar surface area (TPSA) is 76.4 Å². The number of rotatable bonds is 5. The van der Waals surface area contributed by atoms with Crippen molar-refractivity contribution in [1.29, 1.82) is 5.26 Å². The van der Waals surface area contributed by atoms with Gasteiger partial charge in [-0.3, -0.25) is 4.79 Å². The van der Waals surface area contributed by atoms with Crippen LogP contribution in [0.1, 0.15) is 33.2 Å². The molecule has 0 saturated heterocycles. The van der Waals surface area contributed by atoms with Crippen molar-refractivity contribution in [3.05, 3.63) is 28.8 Å². The molecule has 0 aromatic heterocycles. The van der Waals surface area contributed by atoms with Crippen LogP contribution in [0.3, 0.4) is 0 Å². The average Bonchev–Trinajstić information content (AvgIpc) is 2.37. The van der Waals surface area contributed by atoms with Gasteiger partial charge in [0.15, 0.2) is 6.29 Å². The Morgan fingerprint density at radius 2 is 2.21 bits per heavy atom. The number of hydrogen-bond donors (Lipinski definition) is 0. The van der Waals surface area contributed by atoms with Gasteiger partial charge in [0.05, 0.1) is 12.2 Å². The van der Waals surface area contributed by atoms with Crippen molar-refractivity contribution in [3.8, 4) is 11.8 Å². The molecule has 0 radical (unpaired) electrons. The number of halogens is 2. The first-order valence-corrected chi connectivity index (χ1v) is 5.18. The normalized spacial score (nSPS) is 9.84. The van der Waals surface area contributed by atoms with Crippen LogP contribution in [-0.4, -0.2) is 25.5 Å². The van der Waals surface area contributed by atoms with E-state index in [2.05, 4.69) is 9.47 Å². The monoisotopic (exact) mass is 269 g/mol. The number of ether oxygens (including phenoxy) is 2. The molecule has 0 atom stereocenters. The molecule has 0 N–H and O–H groups in total. The van der Waals surface area contributed by atoms with Crippen molar-refractivity contribution in [2.75, 3.05) is 6.61 Å². The van der Waals surface area contributed by atoms with Crippen molar-refractivity contribution in [3.63, 3.8) is 0 Å². The second kappa shape index (κ2) is 6.44. The van der Waals surface area contributed by atoms with E-state index in [1.807, 2.05) is 0 Å². The van der Waals surface area contributed by atoms with Crippen molar-refractivity contribution in [1.82, 2.24) is 0 Å². The molecule has 0 heterocycles. The molecule has 0 fully saturated rings. The van der Waals surface area contributed by atoms with Gasteiger partial charge >= 0.3 is 12.6 Å². The van der Waals surface area contributed by atoms with Gasteiger partial charge in [0.1, 0.15) is 17.4 Å². The second-order valence-corrected chi connectivity index (χ2v) is 3.27. The van der Waals surface area contributed by atoms with E-state index in [1.165, 1.54) is 0 Å². The maximum absolute atomic E-state index is 12.2. The lowest BCUT2D eigenvalue weighted by Crippen LogP contribution is -2.10. The first kappa shape index (κ1) is 14.6. The molecule has 0 saturated carbocycles. The standard InChI is InChI=1S/C12H9F2NO4/c1-2-18-11(17)7-3-8(6-16)9(5-15)10(4-7)19-12(13)14/h3-4,6,12H,2H2,1H3. The van der Waals surface area contributed by atoms with Gasteiger partial charge in [-0.25, -0.2) is 4.79 Å². The molecular formula is C12H9F2NO4. The minimum Gasteiger partial charge on any atom is -0.462 e. The highest BCUT2D eigenvalue weighted by Gasteiger charge is 2.18. The number of alkyl halides is 2. The Hall–Kier alpha value is -2.49. The quantitative estimate of drug-likeness (QED) is 0.604. The van der Waals surface area contributed by atoms with Gasteiger partial charge in [-0.15, -0.1) is 0 Å². The molecule has 0 bridgehead atoms. The predicted octanol–water partition coefficient (Wildman–Crippen LogP) is 2.15. The number of carbonyl (C=O) groups is 2. The smallest absolute Gasteiger partial charge is 0.387 e. The zero-order valence-electron chi connectivity index (χ0n) is 9.85. The number of nitrogens with zero attached hydrogens (tertiary/aromatic N) is 1. The highest BCUT2D eigenvalue weighted by molar-refractivity contribution is 5.93. The summed E-state index contributed by atoms with van der Waals surface area (Å²) >= 11 is 0. The molecular weight excluding hydrogens is 260 g/mol.